The van der Waals surface area contributed by atoms with E-state index in [9.17, 15) is 0 Å². The Bertz CT molecular complexity index is 731. The van der Waals surface area contributed by atoms with Gasteiger partial charge in [0, 0.05) is 43.3 Å². The summed E-state index contributed by atoms with van der Waals surface area (Å²) in [6.07, 6.45) is 7.62. The van der Waals surface area contributed by atoms with E-state index in [-0.39, 0.29) is 18.3 Å². The van der Waals surface area contributed by atoms with E-state index in [1.54, 1.807) is 0 Å². The fourth-order valence-electron chi connectivity index (χ4n) is 5.00. The monoisotopic (exact) mass is 358 g/mol. The van der Waals surface area contributed by atoms with E-state index >= 15 is 0 Å². The molecular formula is C21H30N2O3. The number of hydrogen-bond acceptors (Lipinski definition) is 4. The van der Waals surface area contributed by atoms with Crippen molar-refractivity contribution in [1.82, 2.24) is 9.88 Å². The molecule has 0 spiro atoms. The van der Waals surface area contributed by atoms with Gasteiger partial charge in [-0.15, -0.1) is 0 Å². The Kier molecular flexibility index (Phi) is 5.32. The van der Waals surface area contributed by atoms with Crippen molar-refractivity contribution >= 4 is 10.9 Å². The van der Waals surface area contributed by atoms with Gasteiger partial charge in [0.05, 0.1) is 24.9 Å². The van der Waals surface area contributed by atoms with Gasteiger partial charge in [-0.1, -0.05) is 18.2 Å². The zero-order valence-corrected chi connectivity index (χ0v) is 15.6. The SMILES string of the molecule is CO[C@@]12CC[C@@H](OCCO)C[C@@H]1N(CCc1c[nH]c3ccccc13)CC2. The van der Waals surface area contributed by atoms with Crippen LogP contribution in [0.15, 0.2) is 30.5 Å². The molecule has 1 saturated heterocycles. The standard InChI is InChI=1S/C21H30N2O3/c1-25-21-8-6-17(26-13-12-24)14-20(21)23(11-9-21)10-7-16-15-22-19-5-3-2-4-18(16)19/h2-5,15,17,20,22,24H,6-14H2,1H3/t17-,20+,21-/m1/s1. The van der Waals surface area contributed by atoms with Crippen LogP contribution in [0.5, 0.6) is 0 Å². The van der Waals surface area contributed by atoms with E-state index in [2.05, 4.69) is 40.3 Å². The molecule has 26 heavy (non-hydrogen) atoms. The zero-order valence-electron chi connectivity index (χ0n) is 15.6. The average molecular weight is 358 g/mol. The summed E-state index contributed by atoms with van der Waals surface area (Å²) < 4.78 is 11.9. The van der Waals surface area contributed by atoms with Crippen molar-refractivity contribution in [2.45, 2.75) is 49.9 Å². The van der Waals surface area contributed by atoms with E-state index in [0.717, 1.165) is 45.2 Å². The van der Waals surface area contributed by atoms with Crippen LogP contribution in [-0.4, -0.2) is 66.2 Å². The van der Waals surface area contributed by atoms with Crippen LogP contribution >= 0.6 is 0 Å². The minimum Gasteiger partial charge on any atom is -0.394 e. The highest BCUT2D eigenvalue weighted by molar-refractivity contribution is 5.83. The zero-order chi connectivity index (χ0) is 18.0. The minimum atomic E-state index is -0.0146. The molecule has 5 heteroatoms. The van der Waals surface area contributed by atoms with Gasteiger partial charge in [0.25, 0.3) is 0 Å². The molecule has 2 aliphatic rings. The van der Waals surface area contributed by atoms with Crippen LogP contribution in [0.25, 0.3) is 10.9 Å². The molecule has 2 heterocycles. The molecule has 0 unspecified atom stereocenters. The van der Waals surface area contributed by atoms with Crippen molar-refractivity contribution in [3.63, 3.8) is 0 Å². The van der Waals surface area contributed by atoms with E-state index < -0.39 is 0 Å². The van der Waals surface area contributed by atoms with Crippen LogP contribution in [0.1, 0.15) is 31.2 Å². The van der Waals surface area contributed by atoms with Gasteiger partial charge in [-0.05, 0) is 43.7 Å². The van der Waals surface area contributed by atoms with Crippen LogP contribution in [0, 0.1) is 0 Å². The lowest BCUT2D eigenvalue weighted by atomic mass is 9.79. The Morgan fingerprint density at radius 3 is 3.04 bits per heavy atom. The molecule has 5 nitrogen and oxygen atoms in total. The average Bonchev–Trinajstić information content (AvgIpc) is 3.26. The molecule has 1 saturated carbocycles. The van der Waals surface area contributed by atoms with Crippen molar-refractivity contribution in [3.8, 4) is 0 Å². The first kappa shape index (κ1) is 18.0. The predicted molar refractivity (Wildman–Crippen MR) is 102 cm³/mol. The molecule has 3 atom stereocenters. The minimum absolute atomic E-state index is 0.0146. The summed E-state index contributed by atoms with van der Waals surface area (Å²) in [5.41, 5.74) is 2.59. The molecule has 142 valence electrons. The number of hydrogen-bond donors (Lipinski definition) is 2. The largest absolute Gasteiger partial charge is 0.394 e. The highest BCUT2D eigenvalue weighted by atomic mass is 16.5. The lowest BCUT2D eigenvalue weighted by molar-refractivity contribution is -0.103. The van der Waals surface area contributed by atoms with Gasteiger partial charge in [-0.3, -0.25) is 4.90 Å². The highest BCUT2D eigenvalue weighted by Crippen LogP contribution is 2.43. The van der Waals surface area contributed by atoms with Gasteiger partial charge < -0.3 is 19.6 Å². The fraction of sp³-hybridized carbons (Fsp3) is 0.619. The van der Waals surface area contributed by atoms with Gasteiger partial charge in [0.2, 0.25) is 0 Å². The molecule has 1 aromatic heterocycles. The van der Waals surface area contributed by atoms with Crippen molar-refractivity contribution in [1.29, 1.82) is 0 Å². The van der Waals surface area contributed by atoms with Gasteiger partial charge in [-0.25, -0.2) is 0 Å². The number of para-hydroxylation sites is 1. The molecule has 0 radical (unpaired) electrons. The number of nitrogens with zero attached hydrogens (tertiary/aromatic N) is 1. The quantitative estimate of drug-likeness (QED) is 0.799. The summed E-state index contributed by atoms with van der Waals surface area (Å²) in [5.74, 6) is 0. The number of rotatable bonds is 7. The first-order valence-electron chi connectivity index (χ1n) is 9.82. The van der Waals surface area contributed by atoms with Crippen molar-refractivity contribution < 1.29 is 14.6 Å². The number of nitrogens with one attached hydrogen (secondary N) is 1. The van der Waals surface area contributed by atoms with Crippen LogP contribution in [0.3, 0.4) is 0 Å². The molecule has 1 aliphatic carbocycles. The third-order valence-electron chi connectivity index (χ3n) is 6.44. The molecule has 2 N–H and O–H groups in total. The number of fused-ring (bicyclic) bond motifs is 2. The second kappa shape index (κ2) is 7.69. The molecule has 4 rings (SSSR count). The summed E-state index contributed by atoms with van der Waals surface area (Å²) >= 11 is 0. The van der Waals surface area contributed by atoms with Crippen LogP contribution in [0.4, 0.5) is 0 Å². The Morgan fingerprint density at radius 2 is 2.19 bits per heavy atom. The van der Waals surface area contributed by atoms with Crippen LogP contribution < -0.4 is 0 Å². The maximum absolute atomic E-state index is 9.05. The van der Waals surface area contributed by atoms with Gasteiger partial charge in [0.1, 0.15) is 0 Å². The summed E-state index contributed by atoms with van der Waals surface area (Å²) in [4.78, 5) is 5.98. The molecule has 1 aromatic carbocycles. The highest BCUT2D eigenvalue weighted by Gasteiger charge is 2.50. The number of methoxy groups -OCH3 is 1. The van der Waals surface area contributed by atoms with Gasteiger partial charge in [-0.2, -0.15) is 0 Å². The number of benzene rings is 1. The molecule has 0 amide bonds. The molecule has 2 fully saturated rings. The summed E-state index contributed by atoms with van der Waals surface area (Å²) in [7, 11) is 1.87. The number of aliphatic hydroxyl groups is 1. The van der Waals surface area contributed by atoms with Crippen molar-refractivity contribution in [2.75, 3.05) is 33.4 Å². The Balaban J connectivity index is 1.44. The van der Waals surface area contributed by atoms with E-state index in [4.69, 9.17) is 14.6 Å². The van der Waals surface area contributed by atoms with Crippen molar-refractivity contribution in [3.05, 3.63) is 36.0 Å². The number of ether oxygens (including phenoxy) is 2. The molecule has 0 bridgehead atoms. The third-order valence-corrected chi connectivity index (χ3v) is 6.44. The first-order valence-corrected chi connectivity index (χ1v) is 9.82. The van der Waals surface area contributed by atoms with Gasteiger partial charge >= 0.3 is 0 Å². The van der Waals surface area contributed by atoms with E-state index in [0.29, 0.717) is 12.6 Å². The Morgan fingerprint density at radius 1 is 1.31 bits per heavy atom. The van der Waals surface area contributed by atoms with Crippen LogP contribution in [0.2, 0.25) is 0 Å². The van der Waals surface area contributed by atoms with Crippen molar-refractivity contribution in [2.24, 2.45) is 0 Å². The second-order valence-electron chi connectivity index (χ2n) is 7.67. The number of likely N-dealkylation sites (tertiary alicyclic amines) is 1. The number of aromatic nitrogens is 1. The van der Waals surface area contributed by atoms with E-state index in [1.165, 1.54) is 16.5 Å². The summed E-state index contributed by atoms with van der Waals surface area (Å²) in [6, 6.07) is 8.93. The van der Waals surface area contributed by atoms with E-state index in [1.807, 2.05) is 7.11 Å². The molecule has 2 aromatic rings. The molecular weight excluding hydrogens is 328 g/mol. The normalized spacial score (nSPS) is 29.3. The Hall–Kier alpha value is -1.40. The van der Waals surface area contributed by atoms with Gasteiger partial charge in [0.15, 0.2) is 0 Å². The Labute approximate surface area is 155 Å². The lowest BCUT2D eigenvalue weighted by Crippen LogP contribution is -2.52. The predicted octanol–water partition coefficient (Wildman–Crippen LogP) is 2.73. The smallest absolute Gasteiger partial charge is 0.0847 e. The maximum Gasteiger partial charge on any atom is 0.0847 e. The fourth-order valence-corrected chi connectivity index (χ4v) is 5.00. The summed E-state index contributed by atoms with van der Waals surface area (Å²) in [5, 5.41) is 10.4. The molecule has 1 aliphatic heterocycles. The maximum atomic E-state index is 9.05. The first-order chi connectivity index (χ1) is 12.8. The summed E-state index contributed by atoms with van der Waals surface area (Å²) in [6.45, 7) is 2.67. The number of aromatic amines is 1. The van der Waals surface area contributed by atoms with Crippen LogP contribution in [-0.2, 0) is 15.9 Å². The number of aliphatic hydroxyl groups excluding tert-OH is 1. The third kappa shape index (κ3) is 3.29. The lowest BCUT2D eigenvalue weighted by Gasteiger charge is -2.43. The number of H-pyrrole nitrogens is 1. The second-order valence-corrected chi connectivity index (χ2v) is 7.67. The topological polar surface area (TPSA) is 57.7 Å².